The lowest BCUT2D eigenvalue weighted by Crippen LogP contribution is -2.30. The molecule has 0 aliphatic carbocycles. The number of hydrogen-bond donors (Lipinski definition) is 0. The molecule has 8 heteroatoms. The maximum absolute atomic E-state index is 13.7. The van der Waals surface area contributed by atoms with Crippen LogP contribution in [0.3, 0.4) is 0 Å². The summed E-state index contributed by atoms with van der Waals surface area (Å²) in [5.41, 5.74) is 1.22. The largest absolute Gasteiger partial charge is 0.278 e. The number of hydrogen-bond acceptors (Lipinski definition) is 4. The molecule has 0 unspecified atom stereocenters. The number of rotatable bonds is 4. The van der Waals surface area contributed by atoms with Gasteiger partial charge in [-0.1, -0.05) is 35.1 Å². The van der Waals surface area contributed by atoms with Gasteiger partial charge in [-0.2, -0.15) is 0 Å². The molecule has 0 bridgehead atoms. The molecule has 140 valence electrons. The van der Waals surface area contributed by atoms with Crippen LogP contribution in [0.4, 0.5) is 13.9 Å². The number of carbonyl (C=O) groups is 1. The summed E-state index contributed by atoms with van der Waals surface area (Å²) in [4.78, 5) is 23.2. The number of amides is 1. The summed E-state index contributed by atoms with van der Waals surface area (Å²) in [6, 6.07) is 13.8. The molecule has 0 aliphatic heterocycles. The van der Waals surface area contributed by atoms with E-state index in [1.54, 1.807) is 36.5 Å². The summed E-state index contributed by atoms with van der Waals surface area (Å²) in [7, 11) is 0. The zero-order valence-corrected chi connectivity index (χ0v) is 15.8. The molecule has 4 nitrogen and oxygen atoms in total. The first-order chi connectivity index (χ1) is 13.5. The minimum absolute atomic E-state index is 0.0141. The zero-order chi connectivity index (χ0) is 19.7. The van der Waals surface area contributed by atoms with E-state index in [-0.39, 0.29) is 12.1 Å². The highest BCUT2D eigenvalue weighted by Crippen LogP contribution is 2.34. The topological polar surface area (TPSA) is 46.1 Å². The molecular formula is C20H12ClF2N3OS. The van der Waals surface area contributed by atoms with E-state index in [4.69, 9.17) is 11.6 Å². The average Bonchev–Trinajstić information content (AvgIpc) is 3.14. The molecule has 2 heterocycles. The molecular weight excluding hydrogens is 404 g/mol. The third-order valence-electron chi connectivity index (χ3n) is 4.05. The summed E-state index contributed by atoms with van der Waals surface area (Å²) in [5.74, 6) is -2.62. The van der Waals surface area contributed by atoms with Gasteiger partial charge in [-0.15, -0.1) is 0 Å². The van der Waals surface area contributed by atoms with Gasteiger partial charge < -0.3 is 0 Å². The Bertz CT molecular complexity index is 1170. The van der Waals surface area contributed by atoms with Crippen LogP contribution in [0.1, 0.15) is 16.1 Å². The van der Waals surface area contributed by atoms with E-state index in [1.165, 1.54) is 22.3 Å². The van der Waals surface area contributed by atoms with Crippen LogP contribution in [-0.2, 0) is 6.54 Å². The molecule has 4 aromatic rings. The normalized spacial score (nSPS) is 11.0. The van der Waals surface area contributed by atoms with Crippen LogP contribution >= 0.6 is 22.9 Å². The summed E-state index contributed by atoms with van der Waals surface area (Å²) < 4.78 is 27.8. The molecule has 0 saturated carbocycles. The quantitative estimate of drug-likeness (QED) is 0.444. The van der Waals surface area contributed by atoms with Gasteiger partial charge in [-0.3, -0.25) is 14.7 Å². The number of anilines is 1. The Morgan fingerprint density at radius 3 is 2.64 bits per heavy atom. The smallest absolute Gasteiger partial charge is 0.260 e. The first-order valence-corrected chi connectivity index (χ1v) is 9.44. The first kappa shape index (κ1) is 18.5. The Hall–Kier alpha value is -2.90. The minimum atomic E-state index is -1.09. The Morgan fingerprint density at radius 1 is 1.07 bits per heavy atom. The first-order valence-electron chi connectivity index (χ1n) is 8.25. The summed E-state index contributed by atoms with van der Waals surface area (Å²) in [5, 5.41) is 0.863. The van der Waals surface area contributed by atoms with Gasteiger partial charge in [-0.05, 0) is 42.5 Å². The highest BCUT2D eigenvalue weighted by Gasteiger charge is 2.23. The molecule has 2 aromatic carbocycles. The van der Waals surface area contributed by atoms with Gasteiger partial charge in [0.2, 0.25) is 0 Å². The second kappa shape index (κ2) is 7.61. The Labute approximate surface area is 168 Å². The molecule has 0 aliphatic rings. The number of nitrogens with zero attached hydrogens (tertiary/aromatic N) is 3. The maximum atomic E-state index is 13.7. The van der Waals surface area contributed by atoms with E-state index in [9.17, 15) is 13.6 Å². The number of halogens is 3. The van der Waals surface area contributed by atoms with Gasteiger partial charge in [0.15, 0.2) is 16.8 Å². The van der Waals surface area contributed by atoms with Crippen molar-refractivity contribution in [1.82, 2.24) is 9.97 Å². The Morgan fingerprint density at radius 2 is 1.93 bits per heavy atom. The van der Waals surface area contributed by atoms with Crippen LogP contribution in [-0.4, -0.2) is 15.9 Å². The molecule has 0 saturated heterocycles. The predicted octanol–water partition coefficient (Wildman–Crippen LogP) is 5.47. The lowest BCUT2D eigenvalue weighted by molar-refractivity contribution is 0.0984. The fourth-order valence-corrected chi connectivity index (χ4v) is 3.95. The number of fused-ring (bicyclic) bond motifs is 1. The van der Waals surface area contributed by atoms with Crippen LogP contribution in [0.2, 0.25) is 5.02 Å². The van der Waals surface area contributed by atoms with Gasteiger partial charge in [0.1, 0.15) is 5.52 Å². The van der Waals surface area contributed by atoms with Crippen molar-refractivity contribution in [2.75, 3.05) is 4.90 Å². The molecule has 0 radical (unpaired) electrons. The second-order valence-electron chi connectivity index (χ2n) is 5.92. The fourth-order valence-electron chi connectivity index (χ4n) is 2.68. The molecule has 2 aromatic heterocycles. The lowest BCUT2D eigenvalue weighted by Gasteiger charge is -2.19. The number of benzene rings is 2. The number of para-hydroxylation sites is 1. The maximum Gasteiger partial charge on any atom is 0.260 e. The van der Waals surface area contributed by atoms with Crippen LogP contribution in [0, 0.1) is 11.6 Å². The number of thiazole rings is 1. The van der Waals surface area contributed by atoms with Crippen molar-refractivity contribution in [3.8, 4) is 0 Å². The lowest BCUT2D eigenvalue weighted by atomic mass is 10.2. The van der Waals surface area contributed by atoms with E-state index >= 15 is 0 Å². The molecule has 0 N–H and O–H groups in total. The molecule has 0 atom stereocenters. The standard InChI is InChI=1S/C20H12ClF2N3OS/c21-14-5-3-6-17-18(14)25-20(28-17)26(11-13-4-1-2-9-24-13)19(27)12-7-8-15(22)16(23)10-12/h1-10H,11H2. The highest BCUT2D eigenvalue weighted by molar-refractivity contribution is 7.22. The molecule has 1 amide bonds. The van der Waals surface area contributed by atoms with Crippen LogP contribution in [0.25, 0.3) is 10.2 Å². The summed E-state index contributed by atoms with van der Waals surface area (Å²) in [6.07, 6.45) is 1.62. The van der Waals surface area contributed by atoms with Crippen molar-refractivity contribution < 1.29 is 13.6 Å². The Kier molecular flexibility index (Phi) is 5.02. The number of carbonyl (C=O) groups excluding carboxylic acids is 1. The van der Waals surface area contributed by atoms with Crippen molar-refractivity contribution in [2.45, 2.75) is 6.54 Å². The van der Waals surface area contributed by atoms with Gasteiger partial charge in [-0.25, -0.2) is 13.8 Å². The predicted molar refractivity (Wildman–Crippen MR) is 106 cm³/mol. The van der Waals surface area contributed by atoms with Crippen molar-refractivity contribution in [3.63, 3.8) is 0 Å². The third-order valence-corrected chi connectivity index (χ3v) is 5.40. The molecule has 4 rings (SSSR count). The summed E-state index contributed by atoms with van der Waals surface area (Å²) >= 11 is 7.49. The average molecular weight is 416 g/mol. The monoisotopic (exact) mass is 415 g/mol. The number of pyridine rings is 1. The van der Waals surface area contributed by atoms with Crippen LogP contribution in [0.5, 0.6) is 0 Å². The van der Waals surface area contributed by atoms with E-state index in [1.807, 2.05) is 6.07 Å². The SMILES string of the molecule is O=C(c1ccc(F)c(F)c1)N(Cc1ccccn1)c1nc2c(Cl)cccc2s1. The van der Waals surface area contributed by atoms with Crippen LogP contribution < -0.4 is 4.90 Å². The molecule has 0 spiro atoms. The van der Waals surface area contributed by atoms with E-state index in [0.29, 0.717) is 21.4 Å². The van der Waals surface area contributed by atoms with Gasteiger partial charge >= 0.3 is 0 Å². The second-order valence-corrected chi connectivity index (χ2v) is 7.34. The minimum Gasteiger partial charge on any atom is -0.278 e. The summed E-state index contributed by atoms with van der Waals surface area (Å²) in [6.45, 7) is 0.121. The van der Waals surface area contributed by atoms with Crippen LogP contribution in [0.15, 0.2) is 60.8 Å². The van der Waals surface area contributed by atoms with Gasteiger partial charge in [0.25, 0.3) is 5.91 Å². The molecule has 0 fully saturated rings. The van der Waals surface area contributed by atoms with E-state index < -0.39 is 17.5 Å². The van der Waals surface area contributed by atoms with Gasteiger partial charge in [0.05, 0.1) is 22.0 Å². The van der Waals surface area contributed by atoms with Crippen molar-refractivity contribution >= 4 is 44.2 Å². The molecule has 28 heavy (non-hydrogen) atoms. The van der Waals surface area contributed by atoms with E-state index in [2.05, 4.69) is 9.97 Å². The zero-order valence-electron chi connectivity index (χ0n) is 14.3. The number of aromatic nitrogens is 2. The fraction of sp³-hybridized carbons (Fsp3) is 0.0500. The third kappa shape index (κ3) is 3.58. The Balaban J connectivity index is 1.79. The van der Waals surface area contributed by atoms with Crippen molar-refractivity contribution in [1.29, 1.82) is 0 Å². The van der Waals surface area contributed by atoms with Crippen molar-refractivity contribution in [2.24, 2.45) is 0 Å². The van der Waals surface area contributed by atoms with Crippen molar-refractivity contribution in [3.05, 3.63) is 88.7 Å². The highest BCUT2D eigenvalue weighted by atomic mass is 35.5. The van der Waals surface area contributed by atoms with E-state index in [0.717, 1.165) is 16.8 Å². The van der Waals surface area contributed by atoms with Gasteiger partial charge in [0, 0.05) is 11.8 Å².